The Bertz CT molecular complexity index is 2780. The zero-order valence-corrected chi connectivity index (χ0v) is 34.5. The van der Waals surface area contributed by atoms with Gasteiger partial charge in [-0.25, -0.2) is 0 Å². The molecule has 0 spiro atoms. The summed E-state index contributed by atoms with van der Waals surface area (Å²) in [6, 6.07) is 55.8. The van der Waals surface area contributed by atoms with Gasteiger partial charge >= 0.3 is 0 Å². The van der Waals surface area contributed by atoms with Crippen LogP contribution in [0.25, 0.3) is 77.2 Å². The summed E-state index contributed by atoms with van der Waals surface area (Å²) in [4.78, 5) is 0. The monoisotopic (exact) mass is 734 g/mol. The molecule has 0 unspecified atom stereocenters. The van der Waals surface area contributed by atoms with E-state index >= 15 is 0 Å². The van der Waals surface area contributed by atoms with Crippen LogP contribution in [0.2, 0.25) is 0 Å². The molecule has 11 rings (SSSR count). The van der Waals surface area contributed by atoms with Crippen molar-refractivity contribution in [2.24, 2.45) is 11.8 Å². The quantitative estimate of drug-likeness (QED) is 0.169. The molecule has 0 radical (unpaired) electrons. The standard InChI is InChI=1S/C57H50/c1-33(2)57(34(3)4)49-31-45-47(55(5,6)51-27-41(35-19-11-9-12-20-35)37-23-15-17-25-39(37)53(45)51)29-43(49)44-30-48-46(32-50(44)57)54-40-26-18-16-24-38(40)42(28-52(54)56(48,7)8)36-21-13-10-14-22-36/h9-34H,1-8H3. The predicted molar refractivity (Wildman–Crippen MR) is 243 cm³/mol. The highest BCUT2D eigenvalue weighted by atomic mass is 14.5. The second-order valence-electron chi connectivity index (χ2n) is 18.8. The topological polar surface area (TPSA) is 0 Å². The maximum Gasteiger partial charge on any atom is 0.0261 e. The predicted octanol–water partition coefficient (Wildman–Crippen LogP) is 15.5. The van der Waals surface area contributed by atoms with Crippen LogP contribution in [-0.2, 0) is 16.2 Å². The van der Waals surface area contributed by atoms with E-state index in [2.05, 4.69) is 201 Å². The van der Waals surface area contributed by atoms with E-state index < -0.39 is 0 Å². The molecule has 0 heteroatoms. The molecule has 0 atom stereocenters. The van der Waals surface area contributed by atoms with E-state index in [4.69, 9.17) is 0 Å². The molecule has 0 aromatic heterocycles. The van der Waals surface area contributed by atoms with E-state index in [0.717, 1.165) is 0 Å². The van der Waals surface area contributed by atoms with Crippen molar-refractivity contribution in [1.82, 2.24) is 0 Å². The number of benzene rings is 8. The SMILES string of the molecule is CC(C)C1(C(C)C)c2cc3c(cc2-c2cc4c(cc21)-c1c(cc(-c2ccccc2)c2ccccc12)C4(C)C)C(C)(C)c1cc(-c2ccccc2)c2ccccc2c1-3. The lowest BCUT2D eigenvalue weighted by atomic mass is 9.62. The second-order valence-corrected chi connectivity index (χ2v) is 18.8. The Morgan fingerprint density at radius 1 is 0.316 bits per heavy atom. The minimum atomic E-state index is -0.159. The molecular weight excluding hydrogens is 685 g/mol. The van der Waals surface area contributed by atoms with Gasteiger partial charge in [-0.3, -0.25) is 0 Å². The zero-order chi connectivity index (χ0) is 39.2. The van der Waals surface area contributed by atoms with Gasteiger partial charge in [0.15, 0.2) is 0 Å². The van der Waals surface area contributed by atoms with Crippen LogP contribution in [0.4, 0.5) is 0 Å². The summed E-state index contributed by atoms with van der Waals surface area (Å²) in [5.41, 5.74) is 22.1. The molecule has 0 fully saturated rings. The third-order valence-electron chi connectivity index (χ3n) is 14.8. The summed E-state index contributed by atoms with van der Waals surface area (Å²) in [6.07, 6.45) is 0. The van der Waals surface area contributed by atoms with Gasteiger partial charge in [0.05, 0.1) is 0 Å². The molecule has 8 aromatic carbocycles. The third-order valence-corrected chi connectivity index (χ3v) is 14.8. The van der Waals surface area contributed by atoms with Crippen molar-refractivity contribution in [3.8, 4) is 55.6 Å². The number of hydrogen-bond donors (Lipinski definition) is 0. The van der Waals surface area contributed by atoms with Crippen molar-refractivity contribution in [1.29, 1.82) is 0 Å². The zero-order valence-electron chi connectivity index (χ0n) is 34.5. The lowest BCUT2D eigenvalue weighted by molar-refractivity contribution is 0.280. The molecule has 0 bridgehead atoms. The average molecular weight is 735 g/mol. The summed E-state index contributed by atoms with van der Waals surface area (Å²) >= 11 is 0. The van der Waals surface area contributed by atoms with Gasteiger partial charge in [0, 0.05) is 16.2 Å². The first-order valence-electron chi connectivity index (χ1n) is 21.1. The van der Waals surface area contributed by atoms with Crippen molar-refractivity contribution < 1.29 is 0 Å². The van der Waals surface area contributed by atoms with Crippen molar-refractivity contribution >= 4 is 21.5 Å². The molecule has 0 saturated carbocycles. The van der Waals surface area contributed by atoms with Crippen LogP contribution >= 0.6 is 0 Å². The summed E-state index contributed by atoms with van der Waals surface area (Å²) in [5, 5.41) is 5.37. The van der Waals surface area contributed by atoms with Crippen molar-refractivity contribution in [3.63, 3.8) is 0 Å². The Hall–Kier alpha value is -5.72. The van der Waals surface area contributed by atoms with Gasteiger partial charge in [0.1, 0.15) is 0 Å². The van der Waals surface area contributed by atoms with Crippen LogP contribution in [-0.4, -0.2) is 0 Å². The largest absolute Gasteiger partial charge is 0.0622 e. The van der Waals surface area contributed by atoms with Gasteiger partial charge in [-0.1, -0.05) is 165 Å². The van der Waals surface area contributed by atoms with Crippen LogP contribution in [0.3, 0.4) is 0 Å². The van der Waals surface area contributed by atoms with Crippen LogP contribution in [0.5, 0.6) is 0 Å². The van der Waals surface area contributed by atoms with E-state index in [9.17, 15) is 0 Å². The van der Waals surface area contributed by atoms with Crippen molar-refractivity contribution in [3.05, 3.63) is 179 Å². The summed E-state index contributed by atoms with van der Waals surface area (Å²) in [7, 11) is 0. The van der Waals surface area contributed by atoms with Gasteiger partial charge in [0.2, 0.25) is 0 Å². The molecule has 0 N–H and O–H groups in total. The normalized spacial score (nSPS) is 16.1. The smallest absolute Gasteiger partial charge is 0.0261 e. The van der Waals surface area contributed by atoms with E-state index in [1.165, 1.54) is 111 Å². The van der Waals surface area contributed by atoms with Gasteiger partial charge in [-0.15, -0.1) is 0 Å². The Kier molecular flexibility index (Phi) is 7.07. The Morgan fingerprint density at radius 2 is 0.632 bits per heavy atom. The molecule has 0 heterocycles. The van der Waals surface area contributed by atoms with E-state index in [1.54, 1.807) is 0 Å². The Morgan fingerprint density at radius 3 is 1.00 bits per heavy atom. The van der Waals surface area contributed by atoms with E-state index in [-0.39, 0.29) is 16.2 Å². The highest BCUT2D eigenvalue weighted by Crippen LogP contribution is 2.64. The first-order valence-corrected chi connectivity index (χ1v) is 21.1. The van der Waals surface area contributed by atoms with Gasteiger partial charge in [0.25, 0.3) is 0 Å². The second kappa shape index (κ2) is 11.7. The van der Waals surface area contributed by atoms with Crippen LogP contribution in [0.15, 0.2) is 146 Å². The third kappa shape index (κ3) is 4.34. The fraction of sp³-hybridized carbons (Fsp3) is 0.228. The van der Waals surface area contributed by atoms with Crippen molar-refractivity contribution in [2.75, 3.05) is 0 Å². The molecule has 278 valence electrons. The lowest BCUT2D eigenvalue weighted by Crippen LogP contribution is -2.37. The molecule has 3 aliphatic carbocycles. The van der Waals surface area contributed by atoms with Crippen LogP contribution in [0.1, 0.15) is 88.8 Å². The van der Waals surface area contributed by atoms with Gasteiger partial charge in [-0.05, 0) is 159 Å². The number of fused-ring (bicyclic) bond motifs is 13. The minimum absolute atomic E-state index is 0.145. The van der Waals surface area contributed by atoms with Crippen LogP contribution in [0, 0.1) is 11.8 Å². The molecule has 0 nitrogen and oxygen atoms in total. The van der Waals surface area contributed by atoms with Crippen LogP contribution < -0.4 is 0 Å². The number of rotatable bonds is 4. The van der Waals surface area contributed by atoms with E-state index in [0.29, 0.717) is 11.8 Å². The first kappa shape index (κ1) is 34.5. The fourth-order valence-electron chi connectivity index (χ4n) is 12.2. The fourth-order valence-corrected chi connectivity index (χ4v) is 12.2. The lowest BCUT2D eigenvalue weighted by Gasteiger charge is -2.41. The molecular formula is C57H50. The summed E-state index contributed by atoms with van der Waals surface area (Å²) < 4.78 is 0. The minimum Gasteiger partial charge on any atom is -0.0622 e. The summed E-state index contributed by atoms with van der Waals surface area (Å²) in [6.45, 7) is 19.7. The van der Waals surface area contributed by atoms with Crippen molar-refractivity contribution in [2.45, 2.75) is 71.6 Å². The Balaban J connectivity index is 1.19. The first-order chi connectivity index (χ1) is 27.5. The molecule has 0 aliphatic heterocycles. The highest BCUT2D eigenvalue weighted by Gasteiger charge is 2.51. The molecule has 0 amide bonds. The van der Waals surface area contributed by atoms with Gasteiger partial charge in [-0.2, -0.15) is 0 Å². The van der Waals surface area contributed by atoms with Gasteiger partial charge < -0.3 is 0 Å². The highest BCUT2D eigenvalue weighted by molar-refractivity contribution is 6.11. The molecule has 3 aliphatic rings. The molecule has 0 saturated heterocycles. The molecule has 57 heavy (non-hydrogen) atoms. The number of hydrogen-bond acceptors (Lipinski definition) is 0. The average Bonchev–Trinajstić information content (AvgIpc) is 3.73. The maximum absolute atomic E-state index is 2.67. The maximum atomic E-state index is 2.67. The molecule has 8 aromatic rings. The Labute approximate surface area is 338 Å². The van der Waals surface area contributed by atoms with E-state index in [1.807, 2.05) is 0 Å². The summed E-state index contributed by atoms with van der Waals surface area (Å²) in [5.74, 6) is 0.788.